The van der Waals surface area contributed by atoms with Crippen LogP contribution in [0.4, 0.5) is 5.69 Å². The molecule has 0 bridgehead atoms. The number of carbonyl (C=O) groups excluding carboxylic acids is 2. The zero-order valence-electron chi connectivity index (χ0n) is 18.7. The fourth-order valence-electron chi connectivity index (χ4n) is 4.02. The number of hydrogen-bond donors (Lipinski definition) is 3. The molecule has 11 heteroatoms. The number of nitrogens with zero attached hydrogens (tertiary/aromatic N) is 1. The van der Waals surface area contributed by atoms with E-state index in [0.29, 0.717) is 56.1 Å². The highest BCUT2D eigenvalue weighted by molar-refractivity contribution is 7.89. The average Bonchev–Trinajstić information content (AvgIpc) is 3.27. The van der Waals surface area contributed by atoms with Crippen LogP contribution in [0.25, 0.3) is 0 Å². The fraction of sp³-hybridized carbons (Fsp3) is 0.391. The molecule has 2 heterocycles. The van der Waals surface area contributed by atoms with E-state index in [0.717, 1.165) is 5.56 Å². The molecule has 0 spiro atoms. The maximum Gasteiger partial charge on any atom is 0.238 e. The monoisotopic (exact) mass is 488 g/mol. The Kier molecular flexibility index (Phi) is 7.35. The third-order valence-corrected chi connectivity index (χ3v) is 6.88. The topological polar surface area (TPSA) is 140 Å². The molecule has 0 aliphatic carbocycles. The molecule has 4 N–H and O–H groups in total. The molecule has 0 radical (unpaired) electrons. The van der Waals surface area contributed by atoms with E-state index in [1.54, 1.807) is 30.3 Å². The number of piperidine rings is 1. The van der Waals surface area contributed by atoms with Crippen molar-refractivity contribution in [2.45, 2.75) is 24.2 Å². The van der Waals surface area contributed by atoms with E-state index in [2.05, 4.69) is 10.6 Å². The third-order valence-electron chi connectivity index (χ3n) is 5.95. The van der Waals surface area contributed by atoms with Gasteiger partial charge in [0.15, 0.2) is 11.5 Å². The number of rotatable bonds is 8. The van der Waals surface area contributed by atoms with E-state index >= 15 is 0 Å². The Balaban J connectivity index is 1.15. The highest BCUT2D eigenvalue weighted by Gasteiger charge is 2.26. The molecule has 2 aromatic carbocycles. The summed E-state index contributed by atoms with van der Waals surface area (Å²) in [4.78, 5) is 27.0. The van der Waals surface area contributed by atoms with Crippen LogP contribution in [0.5, 0.6) is 11.5 Å². The lowest BCUT2D eigenvalue weighted by molar-refractivity contribution is -0.123. The van der Waals surface area contributed by atoms with E-state index in [-0.39, 0.29) is 36.0 Å². The van der Waals surface area contributed by atoms with E-state index in [9.17, 15) is 18.0 Å². The van der Waals surface area contributed by atoms with E-state index < -0.39 is 10.0 Å². The number of primary sulfonamides is 1. The van der Waals surface area contributed by atoms with Gasteiger partial charge in [-0.25, -0.2) is 13.6 Å². The summed E-state index contributed by atoms with van der Waals surface area (Å²) in [5, 5.41) is 10.9. The summed E-state index contributed by atoms with van der Waals surface area (Å²) in [6.07, 6.45) is 1.94. The molecular formula is C23H28N4O6S. The largest absolute Gasteiger partial charge is 0.454 e. The van der Waals surface area contributed by atoms with Crippen molar-refractivity contribution < 1.29 is 27.5 Å². The third kappa shape index (κ3) is 6.25. The number of anilines is 1. The van der Waals surface area contributed by atoms with Crippen molar-refractivity contribution in [2.24, 2.45) is 11.1 Å². The summed E-state index contributed by atoms with van der Waals surface area (Å²) in [5.41, 5.74) is 1.58. The van der Waals surface area contributed by atoms with Gasteiger partial charge >= 0.3 is 0 Å². The van der Waals surface area contributed by atoms with Gasteiger partial charge < -0.3 is 20.1 Å². The fourth-order valence-corrected chi connectivity index (χ4v) is 4.54. The van der Waals surface area contributed by atoms with Crippen LogP contribution in [0.3, 0.4) is 0 Å². The Bertz CT molecular complexity index is 1140. The minimum absolute atomic E-state index is 0.0311. The van der Waals surface area contributed by atoms with E-state index in [4.69, 9.17) is 14.6 Å². The number of sulfonamides is 1. The van der Waals surface area contributed by atoms with Crippen LogP contribution in [0.2, 0.25) is 0 Å². The Hall–Kier alpha value is -3.15. The number of ether oxygens (including phenoxy) is 2. The molecule has 2 aromatic rings. The first kappa shape index (κ1) is 24.0. The number of likely N-dealkylation sites (tertiary alicyclic amines) is 1. The molecule has 2 amide bonds. The van der Waals surface area contributed by atoms with Gasteiger partial charge in [-0.2, -0.15) is 0 Å². The van der Waals surface area contributed by atoms with Crippen LogP contribution in [0.15, 0.2) is 47.4 Å². The van der Waals surface area contributed by atoms with Gasteiger partial charge in [-0.1, -0.05) is 12.1 Å². The number of fused-ring (bicyclic) bond motifs is 1. The number of amides is 2. The first-order chi connectivity index (χ1) is 16.3. The summed E-state index contributed by atoms with van der Waals surface area (Å²) < 4.78 is 33.2. The summed E-state index contributed by atoms with van der Waals surface area (Å²) in [7, 11) is -3.71. The van der Waals surface area contributed by atoms with Crippen molar-refractivity contribution in [3.05, 3.63) is 48.0 Å². The lowest BCUT2D eigenvalue weighted by Gasteiger charge is -2.30. The highest BCUT2D eigenvalue weighted by atomic mass is 32.2. The molecule has 182 valence electrons. The molecule has 2 aliphatic rings. The van der Waals surface area contributed by atoms with Crippen molar-refractivity contribution >= 4 is 27.5 Å². The first-order valence-corrected chi connectivity index (χ1v) is 12.6. The Labute approximate surface area is 198 Å². The van der Waals surface area contributed by atoms with Crippen LogP contribution in [-0.4, -0.2) is 58.1 Å². The van der Waals surface area contributed by atoms with Gasteiger partial charge in [-0.3, -0.25) is 14.5 Å². The molecule has 10 nitrogen and oxygen atoms in total. The lowest BCUT2D eigenvalue weighted by atomic mass is 9.95. The predicted molar refractivity (Wildman–Crippen MR) is 125 cm³/mol. The molecule has 2 aliphatic heterocycles. The first-order valence-electron chi connectivity index (χ1n) is 11.1. The zero-order chi connectivity index (χ0) is 24.1. The normalized spacial score (nSPS) is 16.3. The Morgan fingerprint density at radius 2 is 1.74 bits per heavy atom. The maximum atomic E-state index is 12.6. The van der Waals surface area contributed by atoms with Gasteiger partial charge in [0.2, 0.25) is 28.6 Å². The van der Waals surface area contributed by atoms with Gasteiger partial charge in [0.05, 0.1) is 11.4 Å². The molecule has 34 heavy (non-hydrogen) atoms. The van der Waals surface area contributed by atoms with Gasteiger partial charge in [0.25, 0.3) is 0 Å². The van der Waals surface area contributed by atoms with Gasteiger partial charge in [-0.15, -0.1) is 0 Å². The van der Waals surface area contributed by atoms with Crippen LogP contribution in [0.1, 0.15) is 18.4 Å². The van der Waals surface area contributed by atoms with Gasteiger partial charge in [-0.05, 0) is 62.2 Å². The second-order valence-corrected chi connectivity index (χ2v) is 9.96. The average molecular weight is 489 g/mol. The predicted octanol–water partition coefficient (Wildman–Crippen LogP) is 1.07. The summed E-state index contributed by atoms with van der Waals surface area (Å²) in [5.74, 6) is 1.08. The quantitative estimate of drug-likeness (QED) is 0.505. The van der Waals surface area contributed by atoms with Crippen LogP contribution >= 0.6 is 0 Å². The molecule has 1 fully saturated rings. The second-order valence-electron chi connectivity index (χ2n) is 8.40. The summed E-state index contributed by atoms with van der Waals surface area (Å²) in [6.45, 7) is 2.25. The number of benzene rings is 2. The van der Waals surface area contributed by atoms with Crippen molar-refractivity contribution in [1.82, 2.24) is 10.2 Å². The Morgan fingerprint density at radius 1 is 1.03 bits per heavy atom. The molecule has 4 rings (SSSR count). The Morgan fingerprint density at radius 3 is 2.44 bits per heavy atom. The van der Waals surface area contributed by atoms with Crippen LogP contribution in [0, 0.1) is 5.92 Å². The zero-order valence-corrected chi connectivity index (χ0v) is 19.5. The minimum atomic E-state index is -3.71. The molecule has 0 aromatic heterocycles. The molecule has 1 saturated heterocycles. The van der Waals surface area contributed by atoms with Crippen molar-refractivity contribution in [3.8, 4) is 11.5 Å². The molecular weight excluding hydrogens is 460 g/mol. The SMILES string of the molecule is NS(=O)(=O)c1ccc(CCNC(=O)CN2CCC(C(=O)Nc3ccc4c(c3)OCO4)CC2)cc1. The molecule has 0 atom stereocenters. The number of hydrogen-bond acceptors (Lipinski definition) is 7. The number of carbonyl (C=O) groups is 2. The number of nitrogens with one attached hydrogen (secondary N) is 2. The summed E-state index contributed by atoms with van der Waals surface area (Å²) >= 11 is 0. The summed E-state index contributed by atoms with van der Waals surface area (Å²) in [6, 6.07) is 11.6. The van der Waals surface area contributed by atoms with E-state index in [1.807, 2.05) is 4.90 Å². The van der Waals surface area contributed by atoms with Crippen LogP contribution in [-0.2, 0) is 26.0 Å². The second kappa shape index (κ2) is 10.4. The van der Waals surface area contributed by atoms with Crippen molar-refractivity contribution in [1.29, 1.82) is 0 Å². The molecule has 0 unspecified atom stereocenters. The van der Waals surface area contributed by atoms with Crippen molar-refractivity contribution in [2.75, 3.05) is 38.3 Å². The number of nitrogens with two attached hydrogens (primary N) is 1. The standard InChI is InChI=1S/C23H28N4O6S/c24-34(30,31)19-4-1-16(2-5-19)7-10-25-22(28)14-27-11-8-17(9-12-27)23(29)26-18-3-6-20-21(13-18)33-15-32-20/h1-6,13,17H,7-12,14-15H2,(H,25,28)(H,26,29)(H2,24,30,31). The van der Waals surface area contributed by atoms with Gasteiger partial charge in [0, 0.05) is 24.2 Å². The van der Waals surface area contributed by atoms with Crippen LogP contribution < -0.4 is 25.2 Å². The lowest BCUT2D eigenvalue weighted by Crippen LogP contribution is -2.43. The maximum absolute atomic E-state index is 12.6. The minimum Gasteiger partial charge on any atom is -0.454 e. The van der Waals surface area contributed by atoms with E-state index in [1.165, 1.54) is 12.1 Å². The van der Waals surface area contributed by atoms with Crippen molar-refractivity contribution in [3.63, 3.8) is 0 Å². The highest BCUT2D eigenvalue weighted by Crippen LogP contribution is 2.34. The van der Waals surface area contributed by atoms with Gasteiger partial charge in [0.1, 0.15) is 0 Å². The molecule has 0 saturated carbocycles. The smallest absolute Gasteiger partial charge is 0.238 e.